The fourth-order valence-electron chi connectivity index (χ4n) is 3.60. The number of aliphatic hydroxyl groups excluding tert-OH is 1. The van der Waals surface area contributed by atoms with Gasteiger partial charge in [0.25, 0.3) is 10.0 Å². The quantitative estimate of drug-likeness (QED) is 0.911. The molecule has 0 amide bonds. The van der Waals surface area contributed by atoms with Crippen LogP contribution in [0.5, 0.6) is 5.75 Å². The summed E-state index contributed by atoms with van der Waals surface area (Å²) in [6.07, 6.45) is -0.347. The number of rotatable bonds is 3. The average molecular weight is 361 g/mol. The minimum absolute atomic E-state index is 0.246. The first-order valence-corrected chi connectivity index (χ1v) is 9.66. The van der Waals surface area contributed by atoms with Crippen molar-refractivity contribution in [2.75, 3.05) is 18.0 Å². The van der Waals surface area contributed by atoms with Crippen LogP contribution < -0.4 is 9.04 Å². The molecule has 0 bridgehead atoms. The summed E-state index contributed by atoms with van der Waals surface area (Å²) >= 11 is 0. The molecular weight excluding hydrogens is 338 g/mol. The number of sulfonamides is 1. The third-order valence-electron chi connectivity index (χ3n) is 4.62. The van der Waals surface area contributed by atoms with Crippen LogP contribution in [0.3, 0.4) is 0 Å². The van der Waals surface area contributed by atoms with E-state index in [9.17, 15) is 13.5 Å². The van der Waals surface area contributed by atoms with Crippen molar-refractivity contribution >= 4 is 15.7 Å². The maximum Gasteiger partial charge on any atom is 0.264 e. The molecule has 1 N–H and O–H groups in total. The molecule has 2 aromatic carbocycles. The summed E-state index contributed by atoms with van der Waals surface area (Å²) in [4.78, 5) is 0.344. The smallest absolute Gasteiger partial charge is 0.264 e. The lowest BCUT2D eigenvalue weighted by Crippen LogP contribution is -2.37. The van der Waals surface area contributed by atoms with Crippen LogP contribution in [0.25, 0.3) is 0 Å². The topological polar surface area (TPSA) is 66.8 Å². The van der Waals surface area contributed by atoms with Gasteiger partial charge in [-0.2, -0.15) is 0 Å². The van der Waals surface area contributed by atoms with Gasteiger partial charge in [0.2, 0.25) is 0 Å². The molecule has 0 aliphatic carbocycles. The van der Waals surface area contributed by atoms with Crippen LogP contribution in [0.1, 0.15) is 34.8 Å². The Labute approximate surface area is 148 Å². The minimum atomic E-state index is -3.72. The average Bonchev–Trinajstić information content (AvgIpc) is 2.53. The van der Waals surface area contributed by atoms with E-state index in [4.69, 9.17) is 4.74 Å². The predicted molar refractivity (Wildman–Crippen MR) is 97.8 cm³/mol. The van der Waals surface area contributed by atoms with Gasteiger partial charge in [0.05, 0.1) is 23.8 Å². The summed E-state index contributed by atoms with van der Waals surface area (Å²) in [6, 6.07) is 8.89. The Morgan fingerprint density at radius 1 is 1.12 bits per heavy atom. The lowest BCUT2D eigenvalue weighted by atomic mass is 10.0. The van der Waals surface area contributed by atoms with Gasteiger partial charge in [-0.15, -0.1) is 0 Å². The normalized spacial score (nSPS) is 17.3. The second kappa shape index (κ2) is 6.35. The molecule has 0 saturated carbocycles. The Bertz CT molecular complexity index is 898. The van der Waals surface area contributed by atoms with E-state index < -0.39 is 16.1 Å². The number of hydrogen-bond acceptors (Lipinski definition) is 4. The lowest BCUT2D eigenvalue weighted by molar-refractivity contribution is 0.166. The number of hydrogen-bond donors (Lipinski definition) is 1. The summed E-state index contributed by atoms with van der Waals surface area (Å²) < 4.78 is 33.4. The lowest BCUT2D eigenvalue weighted by Gasteiger charge is -2.34. The third kappa shape index (κ3) is 3.00. The molecule has 0 radical (unpaired) electrons. The number of benzene rings is 2. The van der Waals surface area contributed by atoms with Gasteiger partial charge in [-0.05, 0) is 56.5 Å². The molecule has 25 heavy (non-hydrogen) atoms. The van der Waals surface area contributed by atoms with E-state index in [2.05, 4.69) is 0 Å². The molecular formula is C19H23NO4S. The fourth-order valence-corrected chi connectivity index (χ4v) is 5.53. The number of ether oxygens (including phenoxy) is 1. The minimum Gasteiger partial charge on any atom is -0.497 e. The summed E-state index contributed by atoms with van der Waals surface area (Å²) in [5, 5.41) is 10.3. The number of aliphatic hydroxyl groups is 1. The van der Waals surface area contributed by atoms with Gasteiger partial charge in [0, 0.05) is 12.1 Å². The molecule has 1 unspecified atom stereocenters. The molecule has 0 saturated heterocycles. The van der Waals surface area contributed by atoms with Crippen molar-refractivity contribution in [2.45, 2.75) is 38.2 Å². The van der Waals surface area contributed by atoms with Gasteiger partial charge < -0.3 is 9.84 Å². The number of anilines is 1. The largest absolute Gasteiger partial charge is 0.497 e. The fraction of sp³-hybridized carbons (Fsp3) is 0.368. The first-order chi connectivity index (χ1) is 11.8. The predicted octanol–water partition coefficient (Wildman–Crippen LogP) is 3.25. The van der Waals surface area contributed by atoms with Crippen molar-refractivity contribution in [3.63, 3.8) is 0 Å². The summed E-state index contributed by atoms with van der Waals surface area (Å²) in [6.45, 7) is 5.84. The molecule has 0 fully saturated rings. The molecule has 0 spiro atoms. The van der Waals surface area contributed by atoms with Crippen LogP contribution in [-0.2, 0) is 10.0 Å². The number of methoxy groups -OCH3 is 1. The van der Waals surface area contributed by atoms with Crippen LogP contribution >= 0.6 is 0 Å². The van der Waals surface area contributed by atoms with Crippen LogP contribution in [0, 0.1) is 20.8 Å². The van der Waals surface area contributed by atoms with Gasteiger partial charge in [0.15, 0.2) is 0 Å². The monoisotopic (exact) mass is 361 g/mol. The summed E-state index contributed by atoms with van der Waals surface area (Å²) in [7, 11) is -2.17. The van der Waals surface area contributed by atoms with Crippen LogP contribution in [-0.4, -0.2) is 27.2 Å². The van der Waals surface area contributed by atoms with E-state index in [0.717, 1.165) is 16.7 Å². The van der Waals surface area contributed by atoms with E-state index in [0.29, 0.717) is 28.3 Å². The van der Waals surface area contributed by atoms with Crippen molar-refractivity contribution in [1.82, 2.24) is 0 Å². The van der Waals surface area contributed by atoms with E-state index in [1.54, 1.807) is 25.3 Å². The maximum absolute atomic E-state index is 13.4. The van der Waals surface area contributed by atoms with Gasteiger partial charge in [-0.1, -0.05) is 17.7 Å². The zero-order valence-corrected chi connectivity index (χ0v) is 15.7. The zero-order valence-electron chi connectivity index (χ0n) is 14.9. The second-order valence-corrected chi connectivity index (χ2v) is 8.33. The third-order valence-corrected chi connectivity index (χ3v) is 6.74. The highest BCUT2D eigenvalue weighted by atomic mass is 32.2. The first kappa shape index (κ1) is 17.8. The number of aryl methyl sites for hydroxylation is 3. The number of nitrogens with zero attached hydrogens (tertiary/aromatic N) is 1. The SMILES string of the molecule is COc1ccc2c(c1)C(O)CCN2S(=O)(=O)c1c(C)cc(C)cc1C. The van der Waals surface area contributed by atoms with Crippen LogP contribution in [0.4, 0.5) is 5.69 Å². The van der Waals surface area contributed by atoms with Gasteiger partial charge in [0.1, 0.15) is 5.75 Å². The van der Waals surface area contributed by atoms with Crippen LogP contribution in [0.15, 0.2) is 35.2 Å². The van der Waals surface area contributed by atoms with Crippen molar-refractivity contribution < 1.29 is 18.3 Å². The van der Waals surface area contributed by atoms with Crippen molar-refractivity contribution in [2.24, 2.45) is 0 Å². The van der Waals surface area contributed by atoms with Crippen molar-refractivity contribution in [3.05, 3.63) is 52.6 Å². The highest BCUT2D eigenvalue weighted by molar-refractivity contribution is 7.93. The van der Waals surface area contributed by atoms with E-state index in [1.807, 2.05) is 32.9 Å². The molecule has 3 rings (SSSR count). The van der Waals surface area contributed by atoms with Crippen molar-refractivity contribution in [1.29, 1.82) is 0 Å². The van der Waals surface area contributed by atoms with E-state index in [-0.39, 0.29) is 6.54 Å². The molecule has 2 aromatic rings. The summed E-state index contributed by atoms with van der Waals surface area (Å²) in [5.41, 5.74) is 3.60. The molecule has 134 valence electrons. The Balaban J connectivity index is 2.16. The highest BCUT2D eigenvalue weighted by Crippen LogP contribution is 2.40. The summed E-state index contributed by atoms with van der Waals surface area (Å²) in [5.74, 6) is 0.597. The number of fused-ring (bicyclic) bond motifs is 1. The van der Waals surface area contributed by atoms with Gasteiger partial charge in [-0.25, -0.2) is 8.42 Å². The molecule has 1 aliphatic heterocycles. The second-order valence-electron chi connectivity index (χ2n) is 6.53. The highest BCUT2D eigenvalue weighted by Gasteiger charge is 2.34. The van der Waals surface area contributed by atoms with Gasteiger partial charge >= 0.3 is 0 Å². The molecule has 1 atom stereocenters. The molecule has 5 nitrogen and oxygen atoms in total. The standard InChI is InChI=1S/C19H23NO4S/c1-12-9-13(2)19(14(3)10-12)25(22,23)20-8-7-18(21)16-11-15(24-4)5-6-17(16)20/h5-6,9-11,18,21H,7-8H2,1-4H3. The van der Waals surface area contributed by atoms with Crippen molar-refractivity contribution in [3.8, 4) is 5.75 Å². The first-order valence-electron chi connectivity index (χ1n) is 8.22. The van der Waals surface area contributed by atoms with E-state index in [1.165, 1.54) is 4.31 Å². The zero-order chi connectivity index (χ0) is 18.4. The van der Waals surface area contributed by atoms with E-state index >= 15 is 0 Å². The molecule has 1 aliphatic rings. The van der Waals surface area contributed by atoms with Gasteiger partial charge in [-0.3, -0.25) is 4.31 Å². The Hall–Kier alpha value is -2.05. The maximum atomic E-state index is 13.4. The Morgan fingerprint density at radius 3 is 2.36 bits per heavy atom. The Kier molecular flexibility index (Phi) is 4.51. The molecule has 0 aromatic heterocycles. The van der Waals surface area contributed by atoms with Crippen LogP contribution in [0.2, 0.25) is 0 Å². The molecule has 1 heterocycles. The molecule has 6 heteroatoms. The Morgan fingerprint density at radius 2 is 1.76 bits per heavy atom.